The summed E-state index contributed by atoms with van der Waals surface area (Å²) >= 11 is 0. The first-order valence-electron chi connectivity index (χ1n) is 10.2. The Balaban J connectivity index is 1.56. The number of likely N-dealkylation sites (tertiary alicyclic amines) is 1. The van der Waals surface area contributed by atoms with Gasteiger partial charge in [0.2, 0.25) is 0 Å². The molecule has 1 aliphatic carbocycles. The molecule has 0 bridgehead atoms. The number of benzene rings is 1. The Labute approximate surface area is 163 Å². The molecule has 1 saturated carbocycles. The van der Waals surface area contributed by atoms with E-state index < -0.39 is 0 Å². The first-order chi connectivity index (χ1) is 12.9. The number of aliphatic hydroxyl groups excluding tert-OH is 1. The van der Waals surface area contributed by atoms with Gasteiger partial charge in [0.05, 0.1) is 6.61 Å². The van der Waals surface area contributed by atoms with Gasteiger partial charge in [-0.3, -0.25) is 0 Å². The van der Waals surface area contributed by atoms with Crippen molar-refractivity contribution in [2.24, 2.45) is 11.8 Å². The Morgan fingerprint density at radius 2 is 1.96 bits per heavy atom. The molecule has 27 heavy (non-hydrogen) atoms. The topological polar surface area (TPSA) is 49.8 Å². The number of carbonyl (C=O) groups excluding carboxylic acids is 1. The number of nitrogens with zero attached hydrogens (tertiary/aromatic N) is 1. The molecule has 0 radical (unpaired) electrons. The molecule has 1 saturated heterocycles. The molecular weight excluding hydrogens is 338 g/mol. The molecule has 4 heteroatoms. The molecule has 148 valence electrons. The highest BCUT2D eigenvalue weighted by Gasteiger charge is 2.38. The van der Waals surface area contributed by atoms with E-state index in [1.807, 2.05) is 25.1 Å². The van der Waals surface area contributed by atoms with Crippen molar-refractivity contribution in [1.82, 2.24) is 4.90 Å². The first kappa shape index (κ1) is 19.9. The number of amides is 1. The van der Waals surface area contributed by atoms with Gasteiger partial charge >= 0.3 is 6.09 Å². The van der Waals surface area contributed by atoms with Gasteiger partial charge in [-0.25, -0.2) is 4.79 Å². The first-order valence-corrected chi connectivity index (χ1v) is 10.2. The van der Waals surface area contributed by atoms with E-state index in [9.17, 15) is 9.90 Å². The molecule has 1 N–H and O–H groups in total. The van der Waals surface area contributed by atoms with E-state index in [1.54, 1.807) is 4.90 Å². The number of hydrogen-bond donors (Lipinski definition) is 1. The Morgan fingerprint density at radius 3 is 2.56 bits per heavy atom. The van der Waals surface area contributed by atoms with Crippen LogP contribution in [0.2, 0.25) is 0 Å². The van der Waals surface area contributed by atoms with Gasteiger partial charge in [0, 0.05) is 18.5 Å². The average molecular weight is 372 g/mol. The van der Waals surface area contributed by atoms with Crippen LogP contribution in [0.15, 0.2) is 42.5 Å². The summed E-state index contributed by atoms with van der Waals surface area (Å²) in [6.45, 7) is 9.75. The van der Waals surface area contributed by atoms with Gasteiger partial charge in [0.1, 0.15) is 6.10 Å². The summed E-state index contributed by atoms with van der Waals surface area (Å²) in [5, 5.41) is 10.0. The summed E-state index contributed by atoms with van der Waals surface area (Å²) in [7, 11) is 0. The lowest BCUT2D eigenvalue weighted by Crippen LogP contribution is -2.48. The third kappa shape index (κ3) is 4.55. The van der Waals surface area contributed by atoms with Gasteiger partial charge in [0.15, 0.2) is 0 Å². The summed E-state index contributed by atoms with van der Waals surface area (Å²) in [6, 6.07) is 10.2. The molecule has 4 nitrogen and oxygen atoms in total. The second kappa shape index (κ2) is 8.47. The molecule has 3 rings (SSSR count). The van der Waals surface area contributed by atoms with Crippen molar-refractivity contribution < 1.29 is 14.6 Å². The lowest BCUT2D eigenvalue weighted by Gasteiger charge is -2.41. The predicted octanol–water partition coefficient (Wildman–Crippen LogP) is 4.53. The third-order valence-corrected chi connectivity index (χ3v) is 6.51. The molecule has 1 aromatic rings. The van der Waals surface area contributed by atoms with Crippen LogP contribution in [0.4, 0.5) is 4.79 Å². The lowest BCUT2D eigenvalue weighted by molar-refractivity contribution is 0.0206. The number of allylic oxidation sites excluding steroid dienone is 1. The second-order valence-electron chi connectivity index (χ2n) is 8.64. The highest BCUT2D eigenvalue weighted by atomic mass is 16.6. The minimum atomic E-state index is -0.250. The standard InChI is InChI=1S/C23H33NO3/c1-17-13-18(2)15-20(14-17)19(3)27-22(26)24-11-9-23(16-25,10-12-24)21-7-5-4-6-8-21/h4-8,18-20,25H,1,9-16H2,2-3H3. The van der Waals surface area contributed by atoms with E-state index in [4.69, 9.17) is 4.74 Å². The van der Waals surface area contributed by atoms with E-state index in [0.29, 0.717) is 24.9 Å². The monoisotopic (exact) mass is 371 g/mol. The number of rotatable bonds is 4. The van der Waals surface area contributed by atoms with Crippen LogP contribution in [-0.2, 0) is 10.2 Å². The van der Waals surface area contributed by atoms with E-state index in [0.717, 1.165) is 37.7 Å². The lowest BCUT2D eigenvalue weighted by atomic mass is 9.73. The maximum Gasteiger partial charge on any atom is 0.410 e. The fourth-order valence-electron chi connectivity index (χ4n) is 4.76. The van der Waals surface area contributed by atoms with Crippen LogP contribution in [0.5, 0.6) is 0 Å². The Kier molecular flexibility index (Phi) is 6.25. The van der Waals surface area contributed by atoms with Crippen LogP contribution >= 0.6 is 0 Å². The van der Waals surface area contributed by atoms with Crippen LogP contribution in [-0.4, -0.2) is 41.9 Å². The van der Waals surface area contributed by atoms with Crippen LogP contribution in [0.25, 0.3) is 0 Å². The molecule has 3 unspecified atom stereocenters. The SMILES string of the molecule is C=C1CC(C)CC(C(C)OC(=O)N2CCC(CO)(c3ccccc3)CC2)C1. The molecule has 1 aliphatic heterocycles. The summed E-state index contributed by atoms with van der Waals surface area (Å²) in [4.78, 5) is 14.5. The van der Waals surface area contributed by atoms with Crippen molar-refractivity contribution in [2.75, 3.05) is 19.7 Å². The molecule has 1 amide bonds. The summed E-state index contributed by atoms with van der Waals surface area (Å²) in [5.41, 5.74) is 2.18. The molecular formula is C23H33NO3. The van der Waals surface area contributed by atoms with Crippen LogP contribution in [0, 0.1) is 11.8 Å². The van der Waals surface area contributed by atoms with Crippen LogP contribution in [0.3, 0.4) is 0 Å². The molecule has 3 atom stereocenters. The van der Waals surface area contributed by atoms with Gasteiger partial charge in [0.25, 0.3) is 0 Å². The Morgan fingerprint density at radius 1 is 1.30 bits per heavy atom. The zero-order valence-corrected chi connectivity index (χ0v) is 16.7. The predicted molar refractivity (Wildman–Crippen MR) is 108 cm³/mol. The normalized spacial score (nSPS) is 26.5. The highest BCUT2D eigenvalue weighted by Crippen LogP contribution is 2.37. The summed E-state index contributed by atoms with van der Waals surface area (Å²) in [5.74, 6) is 0.985. The maximum atomic E-state index is 12.7. The smallest absolute Gasteiger partial charge is 0.410 e. The molecule has 2 aliphatic rings. The Bertz CT molecular complexity index is 649. The largest absolute Gasteiger partial charge is 0.446 e. The van der Waals surface area contributed by atoms with Gasteiger partial charge in [-0.05, 0) is 56.4 Å². The molecule has 0 spiro atoms. The van der Waals surface area contributed by atoms with Crippen LogP contribution in [0.1, 0.15) is 51.5 Å². The molecule has 2 fully saturated rings. The number of hydrogen-bond acceptors (Lipinski definition) is 3. The van der Waals surface area contributed by atoms with Gasteiger partial charge < -0.3 is 14.7 Å². The van der Waals surface area contributed by atoms with E-state index in [2.05, 4.69) is 25.6 Å². The highest BCUT2D eigenvalue weighted by molar-refractivity contribution is 5.68. The van der Waals surface area contributed by atoms with Crippen molar-refractivity contribution in [3.05, 3.63) is 48.0 Å². The second-order valence-corrected chi connectivity index (χ2v) is 8.64. The van der Waals surface area contributed by atoms with Gasteiger partial charge in [-0.1, -0.05) is 49.4 Å². The number of piperidine rings is 1. The van der Waals surface area contributed by atoms with Crippen molar-refractivity contribution >= 4 is 6.09 Å². The quantitative estimate of drug-likeness (QED) is 0.791. The van der Waals surface area contributed by atoms with Crippen molar-refractivity contribution in [2.45, 2.75) is 57.5 Å². The minimum Gasteiger partial charge on any atom is -0.446 e. The Hall–Kier alpha value is -1.81. The fraction of sp³-hybridized carbons (Fsp3) is 0.609. The number of aliphatic hydroxyl groups is 1. The summed E-state index contributed by atoms with van der Waals surface area (Å²) < 4.78 is 5.82. The van der Waals surface area contributed by atoms with E-state index in [1.165, 1.54) is 5.57 Å². The summed E-state index contributed by atoms with van der Waals surface area (Å²) in [6.07, 6.45) is 4.35. The zero-order valence-electron chi connectivity index (χ0n) is 16.7. The van der Waals surface area contributed by atoms with E-state index in [-0.39, 0.29) is 24.2 Å². The van der Waals surface area contributed by atoms with Gasteiger partial charge in [-0.15, -0.1) is 0 Å². The fourth-order valence-corrected chi connectivity index (χ4v) is 4.76. The van der Waals surface area contributed by atoms with Crippen LogP contribution < -0.4 is 0 Å². The number of ether oxygens (including phenoxy) is 1. The minimum absolute atomic E-state index is 0.0874. The third-order valence-electron chi connectivity index (χ3n) is 6.51. The van der Waals surface area contributed by atoms with Gasteiger partial charge in [-0.2, -0.15) is 0 Å². The van der Waals surface area contributed by atoms with Crippen molar-refractivity contribution in [3.63, 3.8) is 0 Å². The molecule has 0 aromatic heterocycles. The molecule has 1 aromatic carbocycles. The van der Waals surface area contributed by atoms with Crippen molar-refractivity contribution in [1.29, 1.82) is 0 Å². The zero-order chi connectivity index (χ0) is 19.4. The van der Waals surface area contributed by atoms with E-state index >= 15 is 0 Å². The maximum absolute atomic E-state index is 12.7. The average Bonchev–Trinajstić information content (AvgIpc) is 2.68. The van der Waals surface area contributed by atoms with Crippen molar-refractivity contribution in [3.8, 4) is 0 Å². The number of carbonyl (C=O) groups is 1. The molecule has 1 heterocycles.